The van der Waals surface area contributed by atoms with Crippen LogP contribution in [0.3, 0.4) is 0 Å². The van der Waals surface area contributed by atoms with Gasteiger partial charge in [-0.2, -0.15) is 5.10 Å². The highest BCUT2D eigenvalue weighted by atomic mass is 16.5. The molecule has 1 atom stereocenters. The monoisotopic (exact) mass is 323 g/mol. The first-order valence-corrected chi connectivity index (χ1v) is 7.87. The zero-order chi connectivity index (χ0) is 16.4. The van der Waals surface area contributed by atoms with E-state index in [0.29, 0.717) is 12.2 Å². The summed E-state index contributed by atoms with van der Waals surface area (Å²) in [6.45, 7) is 1.37. The summed E-state index contributed by atoms with van der Waals surface area (Å²) in [6, 6.07) is 12.8. The number of carbonyl (C=O) groups excluding carboxylic acids is 1. The van der Waals surface area contributed by atoms with Crippen LogP contribution < -0.4 is 10.1 Å². The highest BCUT2D eigenvalue weighted by Gasteiger charge is 2.17. The molecule has 24 heavy (non-hydrogen) atoms. The number of anilines is 1. The number of benzene rings is 2. The summed E-state index contributed by atoms with van der Waals surface area (Å²) >= 11 is 0. The molecule has 1 fully saturated rings. The SMILES string of the molecule is O=C(Nc1ccc2cn[nH]c2c1)c1ccc(O[C@@H]2CCOC2)cc1. The van der Waals surface area contributed by atoms with Crippen molar-refractivity contribution >= 4 is 22.5 Å². The second-order valence-electron chi connectivity index (χ2n) is 5.75. The van der Waals surface area contributed by atoms with Crippen molar-refractivity contribution in [3.63, 3.8) is 0 Å². The predicted molar refractivity (Wildman–Crippen MR) is 90.3 cm³/mol. The molecule has 0 bridgehead atoms. The minimum Gasteiger partial charge on any atom is -0.488 e. The van der Waals surface area contributed by atoms with Crippen molar-refractivity contribution in [3.8, 4) is 5.75 Å². The first kappa shape index (κ1) is 14.7. The van der Waals surface area contributed by atoms with E-state index >= 15 is 0 Å². The highest BCUT2D eigenvalue weighted by molar-refractivity contribution is 6.05. The van der Waals surface area contributed by atoms with E-state index in [4.69, 9.17) is 9.47 Å². The molecule has 0 spiro atoms. The maximum Gasteiger partial charge on any atom is 0.255 e. The summed E-state index contributed by atoms with van der Waals surface area (Å²) in [6.07, 6.45) is 2.75. The lowest BCUT2D eigenvalue weighted by atomic mass is 10.2. The number of carbonyl (C=O) groups is 1. The third-order valence-electron chi connectivity index (χ3n) is 4.01. The number of hydrogen-bond donors (Lipinski definition) is 2. The van der Waals surface area contributed by atoms with Gasteiger partial charge in [-0.15, -0.1) is 0 Å². The number of rotatable bonds is 4. The van der Waals surface area contributed by atoms with Crippen LogP contribution in [0.15, 0.2) is 48.7 Å². The molecule has 1 aromatic heterocycles. The number of aromatic amines is 1. The van der Waals surface area contributed by atoms with Crippen LogP contribution in [0.5, 0.6) is 5.75 Å². The van der Waals surface area contributed by atoms with E-state index in [9.17, 15) is 4.79 Å². The fourth-order valence-corrected chi connectivity index (χ4v) is 2.70. The van der Waals surface area contributed by atoms with Gasteiger partial charge in [-0.3, -0.25) is 9.89 Å². The highest BCUT2D eigenvalue weighted by Crippen LogP contribution is 2.20. The van der Waals surface area contributed by atoms with Crippen molar-refractivity contribution in [2.75, 3.05) is 18.5 Å². The van der Waals surface area contributed by atoms with Gasteiger partial charge in [0.2, 0.25) is 0 Å². The van der Waals surface area contributed by atoms with E-state index < -0.39 is 0 Å². The number of aromatic nitrogens is 2. The van der Waals surface area contributed by atoms with Crippen LogP contribution in [0.4, 0.5) is 5.69 Å². The minimum absolute atomic E-state index is 0.103. The molecule has 0 aliphatic carbocycles. The Kier molecular flexibility index (Phi) is 3.88. The molecule has 4 rings (SSSR count). The molecule has 2 aromatic carbocycles. The molecule has 1 saturated heterocycles. The van der Waals surface area contributed by atoms with Crippen molar-refractivity contribution in [2.45, 2.75) is 12.5 Å². The number of nitrogens with one attached hydrogen (secondary N) is 2. The van der Waals surface area contributed by atoms with Crippen LogP contribution in [-0.2, 0) is 4.74 Å². The lowest BCUT2D eigenvalue weighted by molar-refractivity contribution is 0.102. The zero-order valence-electron chi connectivity index (χ0n) is 13.0. The first-order valence-electron chi connectivity index (χ1n) is 7.87. The Morgan fingerprint density at radius 1 is 1.25 bits per heavy atom. The van der Waals surface area contributed by atoms with Crippen LogP contribution >= 0.6 is 0 Å². The van der Waals surface area contributed by atoms with Gasteiger partial charge >= 0.3 is 0 Å². The molecular weight excluding hydrogens is 306 g/mol. The second kappa shape index (κ2) is 6.33. The summed E-state index contributed by atoms with van der Waals surface area (Å²) in [5.41, 5.74) is 2.19. The molecule has 2 heterocycles. The summed E-state index contributed by atoms with van der Waals surface area (Å²) in [5.74, 6) is 0.588. The third kappa shape index (κ3) is 3.09. The Morgan fingerprint density at radius 2 is 2.12 bits per heavy atom. The van der Waals surface area contributed by atoms with Crippen LogP contribution in [-0.4, -0.2) is 35.4 Å². The maximum atomic E-state index is 12.3. The lowest BCUT2D eigenvalue weighted by Gasteiger charge is -2.12. The van der Waals surface area contributed by atoms with Crippen LogP contribution in [0.1, 0.15) is 16.8 Å². The smallest absolute Gasteiger partial charge is 0.255 e. The molecule has 1 amide bonds. The number of fused-ring (bicyclic) bond motifs is 1. The van der Waals surface area contributed by atoms with Gasteiger partial charge in [0.15, 0.2) is 0 Å². The Morgan fingerprint density at radius 3 is 2.92 bits per heavy atom. The van der Waals surface area contributed by atoms with Crippen molar-refractivity contribution in [3.05, 3.63) is 54.2 Å². The predicted octanol–water partition coefficient (Wildman–Crippen LogP) is 2.98. The summed E-state index contributed by atoms with van der Waals surface area (Å²) in [7, 11) is 0. The number of hydrogen-bond acceptors (Lipinski definition) is 4. The van der Waals surface area contributed by atoms with Gasteiger partial charge in [0.1, 0.15) is 11.9 Å². The third-order valence-corrected chi connectivity index (χ3v) is 4.01. The van der Waals surface area contributed by atoms with Crippen molar-refractivity contribution < 1.29 is 14.3 Å². The van der Waals surface area contributed by atoms with Crippen LogP contribution in [0.25, 0.3) is 10.9 Å². The van der Waals surface area contributed by atoms with Gasteiger partial charge in [-0.05, 0) is 42.5 Å². The van der Waals surface area contributed by atoms with E-state index in [1.807, 2.05) is 30.3 Å². The molecule has 3 aromatic rings. The van der Waals surface area contributed by atoms with E-state index in [0.717, 1.165) is 35.4 Å². The van der Waals surface area contributed by atoms with Gasteiger partial charge in [0.25, 0.3) is 5.91 Å². The summed E-state index contributed by atoms with van der Waals surface area (Å²) < 4.78 is 11.1. The zero-order valence-corrected chi connectivity index (χ0v) is 13.0. The topological polar surface area (TPSA) is 76.2 Å². The molecule has 6 heteroatoms. The fourth-order valence-electron chi connectivity index (χ4n) is 2.70. The minimum atomic E-state index is -0.162. The molecular formula is C18H17N3O3. The maximum absolute atomic E-state index is 12.3. The van der Waals surface area contributed by atoms with E-state index in [1.54, 1.807) is 18.3 Å². The van der Waals surface area contributed by atoms with Crippen LogP contribution in [0.2, 0.25) is 0 Å². The largest absolute Gasteiger partial charge is 0.488 e. The number of H-pyrrole nitrogens is 1. The summed E-state index contributed by atoms with van der Waals surface area (Å²) in [4.78, 5) is 12.3. The molecule has 1 aliphatic rings. The van der Waals surface area contributed by atoms with E-state index in [-0.39, 0.29) is 12.0 Å². The standard InChI is InChI=1S/C18H17N3O3/c22-18(20-14-4-1-13-10-19-21-17(13)9-14)12-2-5-15(6-3-12)24-16-7-8-23-11-16/h1-6,9-10,16H,7-8,11H2,(H,19,21)(H,20,22)/t16-/m1/s1. The molecule has 6 nitrogen and oxygen atoms in total. The van der Waals surface area contributed by atoms with Crippen molar-refractivity contribution in [1.82, 2.24) is 10.2 Å². The van der Waals surface area contributed by atoms with Gasteiger partial charge in [-0.25, -0.2) is 0 Å². The molecule has 122 valence electrons. The second-order valence-corrected chi connectivity index (χ2v) is 5.75. The number of ether oxygens (including phenoxy) is 2. The van der Waals surface area contributed by atoms with Gasteiger partial charge < -0.3 is 14.8 Å². The van der Waals surface area contributed by atoms with Gasteiger partial charge in [0, 0.05) is 23.1 Å². The van der Waals surface area contributed by atoms with Crippen LogP contribution in [0, 0.1) is 0 Å². The van der Waals surface area contributed by atoms with Gasteiger partial charge in [-0.1, -0.05) is 0 Å². The molecule has 2 N–H and O–H groups in total. The Hall–Kier alpha value is -2.86. The van der Waals surface area contributed by atoms with E-state index in [2.05, 4.69) is 15.5 Å². The van der Waals surface area contributed by atoms with E-state index in [1.165, 1.54) is 0 Å². The fraction of sp³-hybridized carbons (Fsp3) is 0.222. The molecule has 0 radical (unpaired) electrons. The molecule has 1 aliphatic heterocycles. The average Bonchev–Trinajstić information content (AvgIpc) is 3.26. The Labute approximate surface area is 138 Å². The van der Waals surface area contributed by atoms with Crippen molar-refractivity contribution in [1.29, 1.82) is 0 Å². The Balaban J connectivity index is 1.43. The summed E-state index contributed by atoms with van der Waals surface area (Å²) in [5, 5.41) is 10.7. The molecule has 0 unspecified atom stereocenters. The number of nitrogens with zero attached hydrogens (tertiary/aromatic N) is 1. The lowest BCUT2D eigenvalue weighted by Crippen LogP contribution is -2.16. The molecule has 0 saturated carbocycles. The Bertz CT molecular complexity index is 851. The average molecular weight is 323 g/mol. The van der Waals surface area contributed by atoms with Gasteiger partial charge in [0.05, 0.1) is 24.9 Å². The first-order chi connectivity index (χ1) is 11.8. The van der Waals surface area contributed by atoms with Crippen molar-refractivity contribution in [2.24, 2.45) is 0 Å². The quantitative estimate of drug-likeness (QED) is 0.774. The number of amides is 1. The normalized spacial score (nSPS) is 17.1.